The minimum absolute atomic E-state index is 0.0265. The fourth-order valence-electron chi connectivity index (χ4n) is 2.78. The molecule has 0 unspecified atom stereocenters. The quantitative estimate of drug-likeness (QED) is 0.896. The van der Waals surface area contributed by atoms with E-state index >= 15 is 0 Å². The Kier molecular flexibility index (Phi) is 6.46. The van der Waals surface area contributed by atoms with Gasteiger partial charge in [0, 0.05) is 30.2 Å². The summed E-state index contributed by atoms with van der Waals surface area (Å²) in [7, 11) is 0. The van der Waals surface area contributed by atoms with Crippen LogP contribution in [0.5, 0.6) is 0 Å². The van der Waals surface area contributed by atoms with E-state index in [2.05, 4.69) is 19.2 Å². The van der Waals surface area contributed by atoms with E-state index in [4.69, 9.17) is 11.6 Å². The first-order valence-electron chi connectivity index (χ1n) is 8.30. The third-order valence-electron chi connectivity index (χ3n) is 4.19. The number of halogens is 1. The lowest BCUT2D eigenvalue weighted by molar-refractivity contribution is -0.126. The van der Waals surface area contributed by atoms with E-state index in [1.165, 1.54) is 0 Å². The van der Waals surface area contributed by atoms with Crippen molar-refractivity contribution < 1.29 is 9.59 Å². The Hall–Kier alpha value is -1.55. The molecular weight excluding hydrogens is 312 g/mol. The first-order chi connectivity index (χ1) is 11.0. The summed E-state index contributed by atoms with van der Waals surface area (Å²) in [5.74, 6) is 0.511. The SMILES string of the molecule is CC(C)CCNC(=O)[C@@H]1CCCN(C(=O)c2ccc(Cl)cc2)C1. The van der Waals surface area contributed by atoms with Gasteiger partial charge in [0.1, 0.15) is 0 Å². The van der Waals surface area contributed by atoms with Gasteiger partial charge in [-0.05, 0) is 49.4 Å². The molecule has 1 N–H and O–H groups in total. The Bertz CT molecular complexity index is 542. The predicted octanol–water partition coefficient (Wildman–Crippen LogP) is 3.35. The molecule has 1 atom stereocenters. The molecule has 126 valence electrons. The zero-order valence-electron chi connectivity index (χ0n) is 13.8. The second-order valence-corrected chi connectivity index (χ2v) is 7.01. The second-order valence-electron chi connectivity index (χ2n) is 6.57. The highest BCUT2D eigenvalue weighted by atomic mass is 35.5. The van der Waals surface area contributed by atoms with Crippen LogP contribution in [0, 0.1) is 11.8 Å². The van der Waals surface area contributed by atoms with Crippen LogP contribution in [-0.4, -0.2) is 36.3 Å². The highest BCUT2D eigenvalue weighted by molar-refractivity contribution is 6.30. The first-order valence-corrected chi connectivity index (χ1v) is 8.67. The Morgan fingerprint density at radius 1 is 1.30 bits per heavy atom. The molecule has 0 bridgehead atoms. The van der Waals surface area contributed by atoms with Crippen LogP contribution in [-0.2, 0) is 4.79 Å². The second kappa shape index (κ2) is 8.34. The van der Waals surface area contributed by atoms with Gasteiger partial charge in [0.2, 0.25) is 5.91 Å². The standard InChI is InChI=1S/C18H25ClN2O2/c1-13(2)9-10-20-17(22)15-4-3-11-21(12-15)18(23)14-5-7-16(19)8-6-14/h5-8,13,15H,3-4,9-12H2,1-2H3,(H,20,22)/t15-/m1/s1. The lowest BCUT2D eigenvalue weighted by atomic mass is 9.96. The van der Waals surface area contributed by atoms with Gasteiger partial charge in [0.05, 0.1) is 5.92 Å². The van der Waals surface area contributed by atoms with E-state index in [0.717, 1.165) is 19.3 Å². The molecule has 1 saturated heterocycles. The highest BCUT2D eigenvalue weighted by Gasteiger charge is 2.28. The van der Waals surface area contributed by atoms with Crippen LogP contribution in [0.3, 0.4) is 0 Å². The van der Waals surface area contributed by atoms with Crippen molar-refractivity contribution in [3.8, 4) is 0 Å². The van der Waals surface area contributed by atoms with Crippen LogP contribution in [0.15, 0.2) is 24.3 Å². The zero-order valence-corrected chi connectivity index (χ0v) is 14.6. The number of likely N-dealkylation sites (tertiary alicyclic amines) is 1. The number of rotatable bonds is 5. The molecular formula is C18H25ClN2O2. The Morgan fingerprint density at radius 2 is 2.00 bits per heavy atom. The van der Waals surface area contributed by atoms with Gasteiger partial charge in [-0.3, -0.25) is 9.59 Å². The van der Waals surface area contributed by atoms with Crippen LogP contribution >= 0.6 is 11.6 Å². The average Bonchev–Trinajstić information content (AvgIpc) is 2.54. The van der Waals surface area contributed by atoms with Crippen molar-refractivity contribution in [2.45, 2.75) is 33.1 Å². The maximum Gasteiger partial charge on any atom is 0.253 e. The summed E-state index contributed by atoms with van der Waals surface area (Å²) in [6.07, 6.45) is 2.69. The minimum Gasteiger partial charge on any atom is -0.356 e. The first kappa shape index (κ1) is 17.8. The smallest absolute Gasteiger partial charge is 0.253 e. The van der Waals surface area contributed by atoms with Crippen molar-refractivity contribution in [3.63, 3.8) is 0 Å². The van der Waals surface area contributed by atoms with Gasteiger partial charge in [0.15, 0.2) is 0 Å². The molecule has 0 spiro atoms. The third-order valence-corrected chi connectivity index (χ3v) is 4.44. The van der Waals surface area contributed by atoms with Gasteiger partial charge in [-0.1, -0.05) is 25.4 Å². The summed E-state index contributed by atoms with van der Waals surface area (Å²) in [5, 5.41) is 3.61. The number of carbonyl (C=O) groups is 2. The molecule has 0 saturated carbocycles. The molecule has 0 radical (unpaired) electrons. The monoisotopic (exact) mass is 336 g/mol. The van der Waals surface area contributed by atoms with E-state index in [9.17, 15) is 9.59 Å². The Morgan fingerprint density at radius 3 is 2.65 bits per heavy atom. The molecule has 1 heterocycles. The fraction of sp³-hybridized carbons (Fsp3) is 0.556. The summed E-state index contributed by atoms with van der Waals surface area (Å²) in [6, 6.07) is 6.90. The maximum absolute atomic E-state index is 12.5. The van der Waals surface area contributed by atoms with Crippen molar-refractivity contribution in [2.24, 2.45) is 11.8 Å². The Labute approximate surface area is 143 Å². The van der Waals surface area contributed by atoms with Crippen molar-refractivity contribution in [3.05, 3.63) is 34.9 Å². The fourth-order valence-corrected chi connectivity index (χ4v) is 2.91. The summed E-state index contributed by atoms with van der Waals surface area (Å²) in [6.45, 7) is 6.18. The van der Waals surface area contributed by atoms with E-state index in [1.54, 1.807) is 29.2 Å². The zero-order chi connectivity index (χ0) is 16.8. The van der Waals surface area contributed by atoms with Crippen LogP contribution in [0.1, 0.15) is 43.5 Å². The summed E-state index contributed by atoms with van der Waals surface area (Å²) >= 11 is 5.86. The number of carbonyl (C=O) groups excluding carboxylic acids is 2. The average molecular weight is 337 g/mol. The number of nitrogens with one attached hydrogen (secondary N) is 1. The lowest BCUT2D eigenvalue weighted by Crippen LogP contribution is -2.45. The van der Waals surface area contributed by atoms with E-state index < -0.39 is 0 Å². The van der Waals surface area contributed by atoms with Crippen LogP contribution in [0.4, 0.5) is 0 Å². The largest absolute Gasteiger partial charge is 0.356 e. The number of hydrogen-bond donors (Lipinski definition) is 1. The normalized spacial score (nSPS) is 18.1. The van der Waals surface area contributed by atoms with E-state index in [-0.39, 0.29) is 17.7 Å². The minimum atomic E-state index is -0.104. The molecule has 23 heavy (non-hydrogen) atoms. The molecule has 1 aromatic carbocycles. The predicted molar refractivity (Wildman–Crippen MR) is 92.5 cm³/mol. The molecule has 1 fully saturated rings. The molecule has 2 rings (SSSR count). The van der Waals surface area contributed by atoms with Crippen LogP contribution in [0.25, 0.3) is 0 Å². The topological polar surface area (TPSA) is 49.4 Å². The van der Waals surface area contributed by atoms with Gasteiger partial charge in [0.25, 0.3) is 5.91 Å². The van der Waals surface area contributed by atoms with E-state index in [1.807, 2.05) is 0 Å². The highest BCUT2D eigenvalue weighted by Crippen LogP contribution is 2.20. The summed E-state index contributed by atoms with van der Waals surface area (Å²) < 4.78 is 0. The molecule has 5 heteroatoms. The molecule has 1 aliphatic heterocycles. The van der Waals surface area contributed by atoms with E-state index in [0.29, 0.717) is 36.1 Å². The van der Waals surface area contributed by atoms with Gasteiger partial charge in [-0.15, -0.1) is 0 Å². The van der Waals surface area contributed by atoms with Crippen molar-refractivity contribution in [1.82, 2.24) is 10.2 Å². The van der Waals surface area contributed by atoms with Crippen molar-refractivity contribution in [1.29, 1.82) is 0 Å². The molecule has 0 aromatic heterocycles. The van der Waals surface area contributed by atoms with Gasteiger partial charge in [-0.25, -0.2) is 0 Å². The van der Waals surface area contributed by atoms with Crippen LogP contribution < -0.4 is 5.32 Å². The molecule has 4 nitrogen and oxygen atoms in total. The number of benzene rings is 1. The van der Waals surface area contributed by atoms with Gasteiger partial charge < -0.3 is 10.2 Å². The maximum atomic E-state index is 12.5. The van der Waals surface area contributed by atoms with Crippen molar-refractivity contribution in [2.75, 3.05) is 19.6 Å². The number of piperidine rings is 1. The summed E-state index contributed by atoms with van der Waals surface area (Å²) in [4.78, 5) is 26.6. The molecule has 2 amide bonds. The molecule has 1 aromatic rings. The number of hydrogen-bond acceptors (Lipinski definition) is 2. The number of nitrogens with zero attached hydrogens (tertiary/aromatic N) is 1. The van der Waals surface area contributed by atoms with Crippen LogP contribution in [0.2, 0.25) is 5.02 Å². The summed E-state index contributed by atoms with van der Waals surface area (Å²) in [5.41, 5.74) is 0.621. The molecule has 1 aliphatic rings. The third kappa shape index (κ3) is 5.24. The lowest BCUT2D eigenvalue weighted by Gasteiger charge is -2.32. The van der Waals surface area contributed by atoms with Gasteiger partial charge >= 0.3 is 0 Å². The Balaban J connectivity index is 1.91. The molecule has 0 aliphatic carbocycles. The van der Waals surface area contributed by atoms with Crippen molar-refractivity contribution >= 4 is 23.4 Å². The number of amides is 2. The van der Waals surface area contributed by atoms with Gasteiger partial charge in [-0.2, -0.15) is 0 Å².